The molecule has 4 rings (SSSR count). The molecule has 2 nitrogen and oxygen atoms in total. The summed E-state index contributed by atoms with van der Waals surface area (Å²) >= 11 is 0. The van der Waals surface area contributed by atoms with Crippen molar-refractivity contribution in [1.29, 1.82) is 0 Å². The summed E-state index contributed by atoms with van der Waals surface area (Å²) in [6, 6.07) is 25.2. The highest BCUT2D eigenvalue weighted by atomic mass is 16.5. The normalized spacial score (nSPS) is 21.1. The number of benzene rings is 3. The molecule has 144 valence electrons. The molecule has 0 radical (unpaired) electrons. The lowest BCUT2D eigenvalue weighted by Gasteiger charge is -2.40. The molecule has 0 bridgehead atoms. The fraction of sp³-hybridized carbons (Fsp3) is 0.308. The molecular formula is C26H28O2. The summed E-state index contributed by atoms with van der Waals surface area (Å²) in [5, 5.41) is 9.73. The Bertz CT molecular complexity index is 915. The van der Waals surface area contributed by atoms with Gasteiger partial charge >= 0.3 is 0 Å². The van der Waals surface area contributed by atoms with Crippen LogP contribution in [0.4, 0.5) is 0 Å². The molecule has 0 spiro atoms. The molecule has 1 N–H and O–H groups in total. The van der Waals surface area contributed by atoms with Crippen LogP contribution in [0.25, 0.3) is 0 Å². The molecule has 0 aromatic heterocycles. The molecule has 0 heterocycles. The van der Waals surface area contributed by atoms with Crippen molar-refractivity contribution < 1.29 is 9.84 Å². The summed E-state index contributed by atoms with van der Waals surface area (Å²) < 4.78 is 5.54. The maximum absolute atomic E-state index is 9.73. The second-order valence-electron chi connectivity index (χ2n) is 7.84. The van der Waals surface area contributed by atoms with Gasteiger partial charge in [-0.25, -0.2) is 0 Å². The molecule has 3 atom stereocenters. The molecule has 28 heavy (non-hydrogen) atoms. The van der Waals surface area contributed by atoms with Crippen molar-refractivity contribution in [2.45, 2.75) is 38.0 Å². The van der Waals surface area contributed by atoms with E-state index in [1.54, 1.807) is 7.11 Å². The van der Waals surface area contributed by atoms with Gasteiger partial charge in [0.25, 0.3) is 0 Å². The van der Waals surface area contributed by atoms with E-state index in [4.69, 9.17) is 4.74 Å². The number of rotatable bonds is 5. The summed E-state index contributed by atoms with van der Waals surface area (Å²) in [6.45, 7) is 2.31. The second kappa shape index (κ2) is 8.10. The number of ether oxygens (including phenoxy) is 1. The zero-order valence-electron chi connectivity index (χ0n) is 16.6. The van der Waals surface area contributed by atoms with E-state index in [0.29, 0.717) is 23.5 Å². The van der Waals surface area contributed by atoms with Crippen LogP contribution < -0.4 is 4.74 Å². The van der Waals surface area contributed by atoms with Crippen LogP contribution in [0, 0.1) is 5.92 Å². The molecule has 0 aliphatic heterocycles. The first-order valence-electron chi connectivity index (χ1n) is 10.2. The van der Waals surface area contributed by atoms with Gasteiger partial charge in [0.05, 0.1) is 7.11 Å². The quantitative estimate of drug-likeness (QED) is 0.587. The van der Waals surface area contributed by atoms with E-state index in [1.807, 2.05) is 12.1 Å². The fourth-order valence-electron chi connectivity index (χ4n) is 4.92. The molecule has 0 saturated heterocycles. The highest BCUT2D eigenvalue weighted by Gasteiger charge is 2.36. The van der Waals surface area contributed by atoms with Gasteiger partial charge in [0.15, 0.2) is 0 Å². The number of methoxy groups -OCH3 is 1. The standard InChI is InChI=1S/C26H28O2/c1-3-23-24(19-9-12-21(27)13-10-19)16-20-11-14-22(28-2)17-25(20)26(23)15-18-7-5-4-6-8-18/h4-14,17,23-24,26-27H,3,15-16H2,1-2H3. The van der Waals surface area contributed by atoms with Crippen molar-refractivity contribution in [3.05, 3.63) is 95.1 Å². The Balaban J connectivity index is 1.78. The molecule has 0 amide bonds. The average Bonchev–Trinajstić information content (AvgIpc) is 2.74. The van der Waals surface area contributed by atoms with Gasteiger partial charge in [0.2, 0.25) is 0 Å². The van der Waals surface area contributed by atoms with Crippen LogP contribution >= 0.6 is 0 Å². The van der Waals surface area contributed by atoms with Gasteiger partial charge in [-0.05, 0) is 77.1 Å². The van der Waals surface area contributed by atoms with Crippen molar-refractivity contribution >= 4 is 0 Å². The topological polar surface area (TPSA) is 29.5 Å². The molecule has 3 aromatic rings. The van der Waals surface area contributed by atoms with E-state index >= 15 is 0 Å². The molecule has 3 aromatic carbocycles. The van der Waals surface area contributed by atoms with Crippen molar-refractivity contribution in [2.24, 2.45) is 5.92 Å². The van der Waals surface area contributed by atoms with Gasteiger partial charge in [-0.1, -0.05) is 61.9 Å². The van der Waals surface area contributed by atoms with Crippen LogP contribution in [0.2, 0.25) is 0 Å². The number of phenolic OH excluding ortho intramolecular Hbond substituents is 1. The van der Waals surface area contributed by atoms with E-state index in [-0.39, 0.29) is 0 Å². The minimum Gasteiger partial charge on any atom is -0.508 e. The fourth-order valence-corrected chi connectivity index (χ4v) is 4.92. The Kier molecular flexibility index (Phi) is 5.38. The summed E-state index contributed by atoms with van der Waals surface area (Å²) in [5.74, 6) is 2.72. The van der Waals surface area contributed by atoms with Crippen LogP contribution in [0.5, 0.6) is 11.5 Å². The van der Waals surface area contributed by atoms with Gasteiger partial charge in [-0.3, -0.25) is 0 Å². The second-order valence-corrected chi connectivity index (χ2v) is 7.84. The molecule has 2 heteroatoms. The third-order valence-corrected chi connectivity index (χ3v) is 6.32. The number of hydrogen-bond acceptors (Lipinski definition) is 2. The zero-order valence-corrected chi connectivity index (χ0v) is 16.6. The minimum absolute atomic E-state index is 0.332. The third-order valence-electron chi connectivity index (χ3n) is 6.32. The Morgan fingerprint density at radius 3 is 2.39 bits per heavy atom. The Morgan fingerprint density at radius 1 is 0.964 bits per heavy atom. The SMILES string of the molecule is CCC1C(c2ccc(O)cc2)Cc2ccc(OC)cc2C1Cc1ccccc1. The first-order valence-corrected chi connectivity index (χ1v) is 10.2. The highest BCUT2D eigenvalue weighted by Crippen LogP contribution is 2.48. The maximum atomic E-state index is 9.73. The van der Waals surface area contributed by atoms with Gasteiger partial charge in [-0.2, -0.15) is 0 Å². The molecule has 1 aliphatic rings. The average molecular weight is 373 g/mol. The summed E-state index contributed by atoms with van der Waals surface area (Å²) in [4.78, 5) is 0. The summed E-state index contributed by atoms with van der Waals surface area (Å²) in [5.41, 5.74) is 5.56. The predicted molar refractivity (Wildman–Crippen MR) is 114 cm³/mol. The first-order chi connectivity index (χ1) is 13.7. The molecule has 3 unspecified atom stereocenters. The van der Waals surface area contributed by atoms with Gasteiger partial charge in [-0.15, -0.1) is 0 Å². The third kappa shape index (κ3) is 3.64. The van der Waals surface area contributed by atoms with Crippen LogP contribution in [0.15, 0.2) is 72.8 Å². The molecule has 1 aliphatic carbocycles. The lowest BCUT2D eigenvalue weighted by molar-refractivity contribution is 0.310. The monoisotopic (exact) mass is 372 g/mol. The van der Waals surface area contributed by atoms with Crippen LogP contribution in [0.1, 0.15) is 47.4 Å². The molecular weight excluding hydrogens is 344 g/mol. The maximum Gasteiger partial charge on any atom is 0.119 e. The summed E-state index contributed by atoms with van der Waals surface area (Å²) in [6.07, 6.45) is 3.20. The van der Waals surface area contributed by atoms with Crippen molar-refractivity contribution in [3.8, 4) is 11.5 Å². The van der Waals surface area contributed by atoms with Crippen LogP contribution in [-0.2, 0) is 12.8 Å². The van der Waals surface area contributed by atoms with Gasteiger partial charge in [0.1, 0.15) is 11.5 Å². The Hall–Kier alpha value is -2.74. The van der Waals surface area contributed by atoms with Crippen molar-refractivity contribution in [1.82, 2.24) is 0 Å². The van der Waals surface area contributed by atoms with Crippen molar-refractivity contribution in [2.75, 3.05) is 7.11 Å². The minimum atomic E-state index is 0.332. The Labute approximate surface area is 167 Å². The molecule has 0 fully saturated rings. The van der Waals surface area contributed by atoms with Crippen LogP contribution in [0.3, 0.4) is 0 Å². The number of fused-ring (bicyclic) bond motifs is 1. The van der Waals surface area contributed by atoms with E-state index in [1.165, 1.54) is 22.3 Å². The number of aromatic hydroxyl groups is 1. The lowest BCUT2D eigenvalue weighted by atomic mass is 9.64. The number of phenols is 1. The zero-order chi connectivity index (χ0) is 19.5. The van der Waals surface area contributed by atoms with Crippen molar-refractivity contribution in [3.63, 3.8) is 0 Å². The lowest BCUT2D eigenvalue weighted by Crippen LogP contribution is -2.29. The van der Waals surface area contributed by atoms with Crippen LogP contribution in [-0.4, -0.2) is 12.2 Å². The number of hydrogen-bond donors (Lipinski definition) is 1. The smallest absolute Gasteiger partial charge is 0.119 e. The highest BCUT2D eigenvalue weighted by molar-refractivity contribution is 5.44. The molecule has 0 saturated carbocycles. The first kappa shape index (κ1) is 18.6. The largest absolute Gasteiger partial charge is 0.508 e. The van der Waals surface area contributed by atoms with E-state index < -0.39 is 0 Å². The summed E-state index contributed by atoms with van der Waals surface area (Å²) in [7, 11) is 1.74. The van der Waals surface area contributed by atoms with E-state index in [0.717, 1.165) is 25.0 Å². The van der Waals surface area contributed by atoms with E-state index in [9.17, 15) is 5.11 Å². The predicted octanol–water partition coefficient (Wildman–Crippen LogP) is 6.09. The van der Waals surface area contributed by atoms with Gasteiger partial charge in [0, 0.05) is 0 Å². The van der Waals surface area contributed by atoms with Gasteiger partial charge < -0.3 is 9.84 Å². The van der Waals surface area contributed by atoms with E-state index in [2.05, 4.69) is 67.6 Å². The Morgan fingerprint density at radius 2 is 1.71 bits per heavy atom.